The summed E-state index contributed by atoms with van der Waals surface area (Å²) in [6, 6.07) is 15.4. The van der Waals surface area contributed by atoms with Crippen molar-refractivity contribution in [1.82, 2.24) is 9.88 Å². The van der Waals surface area contributed by atoms with Crippen LogP contribution in [-0.4, -0.2) is 18.3 Å². The van der Waals surface area contributed by atoms with Gasteiger partial charge in [0.1, 0.15) is 5.75 Å². The van der Waals surface area contributed by atoms with Crippen LogP contribution in [0.25, 0.3) is 10.9 Å². The lowest BCUT2D eigenvalue weighted by Crippen LogP contribution is -2.18. The molecule has 27 heavy (non-hydrogen) atoms. The average molecular weight is 364 g/mol. The van der Waals surface area contributed by atoms with Crippen molar-refractivity contribution in [1.29, 1.82) is 0 Å². The third-order valence-electron chi connectivity index (χ3n) is 5.60. The fourth-order valence-electron chi connectivity index (χ4n) is 4.08. The van der Waals surface area contributed by atoms with Gasteiger partial charge in [-0.25, -0.2) is 0 Å². The van der Waals surface area contributed by atoms with Gasteiger partial charge in [-0.3, -0.25) is 0 Å². The summed E-state index contributed by atoms with van der Waals surface area (Å²) in [6.45, 7) is 7.82. The maximum absolute atomic E-state index is 5.74. The van der Waals surface area contributed by atoms with Crippen LogP contribution >= 0.6 is 0 Å². The van der Waals surface area contributed by atoms with Gasteiger partial charge >= 0.3 is 0 Å². The van der Waals surface area contributed by atoms with Crippen LogP contribution < -0.4 is 10.1 Å². The molecule has 1 N–H and O–H groups in total. The summed E-state index contributed by atoms with van der Waals surface area (Å²) in [4.78, 5) is 0. The predicted molar refractivity (Wildman–Crippen MR) is 109 cm³/mol. The Morgan fingerprint density at radius 3 is 2.93 bits per heavy atom. The zero-order valence-electron chi connectivity index (χ0n) is 16.4. The second-order valence-electron chi connectivity index (χ2n) is 7.20. The molecule has 0 saturated carbocycles. The summed E-state index contributed by atoms with van der Waals surface area (Å²) < 4.78 is 13.5. The highest BCUT2D eigenvalue weighted by Gasteiger charge is 2.19. The van der Waals surface area contributed by atoms with E-state index in [1.54, 1.807) is 7.11 Å². The number of hydrogen-bond acceptors (Lipinski definition) is 3. The lowest BCUT2D eigenvalue weighted by molar-refractivity contribution is 0.110. The molecule has 4 rings (SSSR count). The van der Waals surface area contributed by atoms with Crippen LogP contribution in [0.2, 0.25) is 0 Å². The molecule has 0 radical (unpaired) electrons. The number of aromatic nitrogens is 1. The van der Waals surface area contributed by atoms with Crippen LogP contribution in [-0.2, 0) is 30.9 Å². The van der Waals surface area contributed by atoms with Crippen LogP contribution in [0.1, 0.15) is 42.3 Å². The molecule has 0 saturated heterocycles. The normalized spacial score (nSPS) is 14.9. The van der Waals surface area contributed by atoms with Gasteiger partial charge in [0.15, 0.2) is 0 Å². The van der Waals surface area contributed by atoms with Gasteiger partial charge in [0, 0.05) is 47.7 Å². The number of nitrogens with one attached hydrogen (secondary N) is 1. The first-order valence-corrected chi connectivity index (χ1v) is 9.79. The van der Waals surface area contributed by atoms with E-state index in [0.717, 1.165) is 38.5 Å². The van der Waals surface area contributed by atoms with Crippen molar-refractivity contribution in [3.05, 3.63) is 64.8 Å². The summed E-state index contributed by atoms with van der Waals surface area (Å²) in [5.74, 6) is 0.898. The molecule has 0 spiro atoms. The maximum Gasteiger partial charge on any atom is 0.119 e. The predicted octanol–water partition coefficient (Wildman–Crippen LogP) is 4.59. The molecule has 1 aliphatic rings. The third-order valence-corrected chi connectivity index (χ3v) is 5.60. The van der Waals surface area contributed by atoms with Gasteiger partial charge in [-0.05, 0) is 49.2 Å². The highest BCUT2D eigenvalue weighted by molar-refractivity contribution is 5.86. The number of nitrogens with zero attached hydrogens (tertiary/aromatic N) is 1. The monoisotopic (exact) mass is 364 g/mol. The minimum absolute atomic E-state index is 0.258. The molecule has 1 aliphatic heterocycles. The molecule has 0 aliphatic carbocycles. The molecule has 142 valence electrons. The SMILES string of the molecule is CCn1c2c(c3cc(CN[C@H](C)c4cccc(OC)c4)ccc31)COCC2. The van der Waals surface area contributed by atoms with Crippen molar-refractivity contribution in [3.63, 3.8) is 0 Å². The summed E-state index contributed by atoms with van der Waals surface area (Å²) in [5.41, 5.74) is 6.70. The third kappa shape index (κ3) is 3.47. The van der Waals surface area contributed by atoms with Crippen molar-refractivity contribution in [2.75, 3.05) is 13.7 Å². The van der Waals surface area contributed by atoms with E-state index in [1.165, 1.54) is 33.3 Å². The van der Waals surface area contributed by atoms with Gasteiger partial charge in [0.2, 0.25) is 0 Å². The zero-order chi connectivity index (χ0) is 18.8. The number of fused-ring (bicyclic) bond motifs is 3. The van der Waals surface area contributed by atoms with E-state index in [-0.39, 0.29) is 6.04 Å². The molecule has 0 amide bonds. The van der Waals surface area contributed by atoms with E-state index in [1.807, 2.05) is 12.1 Å². The molecule has 2 aromatic carbocycles. The Balaban J connectivity index is 1.56. The Kier molecular flexibility index (Phi) is 5.19. The van der Waals surface area contributed by atoms with Gasteiger partial charge in [0.25, 0.3) is 0 Å². The van der Waals surface area contributed by atoms with Crippen molar-refractivity contribution in [2.45, 2.75) is 46.0 Å². The molecule has 0 unspecified atom stereocenters. The van der Waals surface area contributed by atoms with Crippen molar-refractivity contribution >= 4 is 10.9 Å². The Bertz CT molecular complexity index is 945. The van der Waals surface area contributed by atoms with Crippen molar-refractivity contribution in [2.24, 2.45) is 0 Å². The van der Waals surface area contributed by atoms with Gasteiger partial charge in [-0.2, -0.15) is 0 Å². The molecular formula is C23H28N2O2. The number of aryl methyl sites for hydroxylation is 1. The Morgan fingerprint density at radius 1 is 1.22 bits per heavy atom. The standard InChI is InChI=1S/C23H28N2O2/c1-4-25-22-9-8-17(12-20(22)21-15-27-11-10-23(21)25)14-24-16(2)18-6-5-7-19(13-18)26-3/h5-9,12-13,16,24H,4,10-11,14-15H2,1-3H3/t16-/m1/s1. The molecule has 3 aromatic rings. The lowest BCUT2D eigenvalue weighted by Gasteiger charge is -2.15. The molecule has 4 heteroatoms. The Morgan fingerprint density at radius 2 is 2.11 bits per heavy atom. The minimum Gasteiger partial charge on any atom is -0.497 e. The van der Waals surface area contributed by atoms with Crippen LogP contribution in [0.15, 0.2) is 42.5 Å². The molecule has 2 heterocycles. The van der Waals surface area contributed by atoms with E-state index >= 15 is 0 Å². The lowest BCUT2D eigenvalue weighted by atomic mass is 10.0. The Labute approximate surface area is 161 Å². The van der Waals surface area contributed by atoms with E-state index in [9.17, 15) is 0 Å². The van der Waals surface area contributed by atoms with Crippen LogP contribution in [0.5, 0.6) is 5.75 Å². The van der Waals surface area contributed by atoms with Gasteiger partial charge < -0.3 is 19.4 Å². The number of hydrogen-bond donors (Lipinski definition) is 1. The van der Waals surface area contributed by atoms with Crippen LogP contribution in [0.3, 0.4) is 0 Å². The summed E-state index contributed by atoms with van der Waals surface area (Å²) in [6.07, 6.45) is 1.01. The average Bonchev–Trinajstić information content (AvgIpc) is 3.05. The largest absolute Gasteiger partial charge is 0.497 e. The first-order chi connectivity index (χ1) is 13.2. The molecule has 4 nitrogen and oxygen atoms in total. The number of benzene rings is 2. The molecule has 0 bridgehead atoms. The second-order valence-corrected chi connectivity index (χ2v) is 7.20. The minimum atomic E-state index is 0.258. The number of methoxy groups -OCH3 is 1. The maximum atomic E-state index is 5.74. The highest BCUT2D eigenvalue weighted by atomic mass is 16.5. The quantitative estimate of drug-likeness (QED) is 0.695. The molecule has 1 atom stereocenters. The van der Waals surface area contributed by atoms with E-state index in [4.69, 9.17) is 9.47 Å². The fraction of sp³-hybridized carbons (Fsp3) is 0.391. The number of rotatable bonds is 6. The van der Waals surface area contributed by atoms with Crippen LogP contribution in [0, 0.1) is 0 Å². The summed E-state index contributed by atoms with van der Waals surface area (Å²) in [7, 11) is 1.71. The van der Waals surface area contributed by atoms with E-state index in [2.05, 4.69) is 54.1 Å². The summed E-state index contributed by atoms with van der Waals surface area (Å²) >= 11 is 0. The molecule has 0 fully saturated rings. The van der Waals surface area contributed by atoms with E-state index < -0.39 is 0 Å². The Hall–Kier alpha value is -2.30. The van der Waals surface area contributed by atoms with Gasteiger partial charge in [-0.15, -0.1) is 0 Å². The van der Waals surface area contributed by atoms with Crippen LogP contribution in [0.4, 0.5) is 0 Å². The molecule has 1 aromatic heterocycles. The zero-order valence-corrected chi connectivity index (χ0v) is 16.4. The topological polar surface area (TPSA) is 35.4 Å². The van der Waals surface area contributed by atoms with Crippen molar-refractivity contribution in [3.8, 4) is 5.75 Å². The first-order valence-electron chi connectivity index (χ1n) is 9.79. The fourth-order valence-corrected chi connectivity index (χ4v) is 4.08. The second kappa shape index (κ2) is 7.75. The highest BCUT2D eigenvalue weighted by Crippen LogP contribution is 2.31. The van der Waals surface area contributed by atoms with Gasteiger partial charge in [-0.1, -0.05) is 18.2 Å². The van der Waals surface area contributed by atoms with E-state index in [0.29, 0.717) is 0 Å². The van der Waals surface area contributed by atoms with Gasteiger partial charge in [0.05, 0.1) is 20.3 Å². The summed E-state index contributed by atoms with van der Waals surface area (Å²) in [5, 5.41) is 4.99. The van der Waals surface area contributed by atoms with Crippen molar-refractivity contribution < 1.29 is 9.47 Å². The molecular weight excluding hydrogens is 336 g/mol. The first kappa shape index (κ1) is 18.1. The smallest absolute Gasteiger partial charge is 0.119 e. The number of ether oxygens (including phenoxy) is 2.